The van der Waals surface area contributed by atoms with Gasteiger partial charge < -0.3 is 9.84 Å². The second-order valence-electron chi connectivity index (χ2n) is 4.18. The van der Waals surface area contributed by atoms with Gasteiger partial charge in [-0.2, -0.15) is 0 Å². The Hall–Kier alpha value is -0.570. The van der Waals surface area contributed by atoms with Crippen molar-refractivity contribution in [1.82, 2.24) is 0 Å². The number of ether oxygens (including phenoxy) is 1. The molecular weight excluding hydrogens is 156 g/mol. The van der Waals surface area contributed by atoms with Crippen LogP contribution < -0.4 is 0 Å². The van der Waals surface area contributed by atoms with Crippen LogP contribution in [0.4, 0.5) is 0 Å². The summed E-state index contributed by atoms with van der Waals surface area (Å²) in [6.07, 6.45) is 1.53. The molecule has 2 aliphatic rings. The van der Waals surface area contributed by atoms with Gasteiger partial charge in [-0.15, -0.1) is 0 Å². The molecule has 2 rings (SSSR count). The summed E-state index contributed by atoms with van der Waals surface area (Å²) in [5.74, 6) is -0.252. The van der Waals surface area contributed by atoms with Gasteiger partial charge in [0.15, 0.2) is 0 Å². The molecule has 68 valence electrons. The fourth-order valence-electron chi connectivity index (χ4n) is 2.51. The van der Waals surface area contributed by atoms with Gasteiger partial charge >= 0.3 is 5.97 Å². The summed E-state index contributed by atoms with van der Waals surface area (Å²) >= 11 is 0. The van der Waals surface area contributed by atoms with Gasteiger partial charge in [0.2, 0.25) is 0 Å². The minimum Gasteiger partial charge on any atom is -0.459 e. The lowest BCUT2D eigenvalue weighted by molar-refractivity contribution is -0.143. The lowest BCUT2D eigenvalue weighted by Crippen LogP contribution is -2.47. The first-order chi connectivity index (χ1) is 5.53. The monoisotopic (exact) mass is 170 g/mol. The molecule has 0 amide bonds. The molecule has 3 heteroatoms. The Morgan fingerprint density at radius 2 is 2.25 bits per heavy atom. The second kappa shape index (κ2) is 2.22. The zero-order valence-electron chi connectivity index (χ0n) is 7.41. The minimum atomic E-state index is -0.922. The first-order valence-electron chi connectivity index (χ1n) is 4.46. The fourth-order valence-corrected chi connectivity index (χ4v) is 2.51. The van der Waals surface area contributed by atoms with E-state index >= 15 is 0 Å². The number of rotatable bonds is 0. The van der Waals surface area contributed by atoms with Gasteiger partial charge in [-0.3, -0.25) is 4.79 Å². The number of carbonyl (C=O) groups excluding carboxylic acids is 1. The summed E-state index contributed by atoms with van der Waals surface area (Å²) in [7, 11) is 0. The van der Waals surface area contributed by atoms with Crippen molar-refractivity contribution in [2.75, 3.05) is 0 Å². The highest BCUT2D eigenvalue weighted by atomic mass is 16.6. The summed E-state index contributed by atoms with van der Waals surface area (Å²) in [5.41, 5.74) is -0.922. The fraction of sp³-hybridized carbons (Fsp3) is 0.889. The van der Waals surface area contributed by atoms with Gasteiger partial charge in [-0.05, 0) is 25.7 Å². The van der Waals surface area contributed by atoms with Crippen molar-refractivity contribution in [2.45, 2.75) is 38.4 Å². The molecule has 1 aliphatic carbocycles. The number of hydrogen-bond donors (Lipinski definition) is 1. The number of fused-ring (bicyclic) bond motifs is 2. The van der Waals surface area contributed by atoms with Crippen molar-refractivity contribution in [3.8, 4) is 0 Å². The molecule has 0 unspecified atom stereocenters. The van der Waals surface area contributed by atoms with E-state index in [1.165, 1.54) is 0 Å². The number of carbonyl (C=O) groups is 1. The van der Waals surface area contributed by atoms with Crippen molar-refractivity contribution >= 4 is 5.97 Å². The third-order valence-electron chi connectivity index (χ3n) is 3.25. The molecule has 1 saturated heterocycles. The van der Waals surface area contributed by atoms with Crippen LogP contribution in [-0.4, -0.2) is 22.8 Å². The molecule has 2 bridgehead atoms. The van der Waals surface area contributed by atoms with Crippen LogP contribution in [0.15, 0.2) is 0 Å². The topological polar surface area (TPSA) is 46.5 Å². The zero-order valence-corrected chi connectivity index (χ0v) is 7.41. The molecule has 0 spiro atoms. The van der Waals surface area contributed by atoms with E-state index < -0.39 is 5.60 Å². The molecule has 1 aliphatic heterocycles. The molecule has 1 N–H and O–H groups in total. The summed E-state index contributed by atoms with van der Waals surface area (Å²) < 4.78 is 5.08. The summed E-state index contributed by atoms with van der Waals surface area (Å²) in [6, 6.07) is 0. The van der Waals surface area contributed by atoms with E-state index in [9.17, 15) is 9.90 Å². The molecular formula is C9H14O3. The standard InChI is InChI=1S/C9H14O3/c1-5-3-4-6-9(2,11)7(5)8(10)12-6/h5-7,11H,3-4H2,1-2H3/t5-,6-,7-,9-/m1/s1. The Bertz CT molecular complexity index is 222. The maximum atomic E-state index is 11.3. The first-order valence-corrected chi connectivity index (χ1v) is 4.46. The largest absolute Gasteiger partial charge is 0.459 e. The van der Waals surface area contributed by atoms with Crippen molar-refractivity contribution < 1.29 is 14.6 Å². The van der Waals surface area contributed by atoms with E-state index in [0.29, 0.717) is 0 Å². The van der Waals surface area contributed by atoms with E-state index in [2.05, 4.69) is 0 Å². The van der Waals surface area contributed by atoms with Gasteiger partial charge in [0, 0.05) is 0 Å². The number of aliphatic hydroxyl groups is 1. The maximum absolute atomic E-state index is 11.3. The average molecular weight is 170 g/mol. The van der Waals surface area contributed by atoms with Gasteiger partial charge in [0.25, 0.3) is 0 Å². The van der Waals surface area contributed by atoms with E-state index in [-0.39, 0.29) is 23.9 Å². The highest BCUT2D eigenvalue weighted by Gasteiger charge is 2.57. The number of esters is 1. The lowest BCUT2D eigenvalue weighted by atomic mass is 9.71. The van der Waals surface area contributed by atoms with E-state index in [0.717, 1.165) is 12.8 Å². The van der Waals surface area contributed by atoms with Crippen LogP contribution in [0.1, 0.15) is 26.7 Å². The van der Waals surface area contributed by atoms with Crippen LogP contribution >= 0.6 is 0 Å². The second-order valence-corrected chi connectivity index (χ2v) is 4.18. The smallest absolute Gasteiger partial charge is 0.312 e. The molecule has 1 saturated carbocycles. The molecule has 2 fully saturated rings. The van der Waals surface area contributed by atoms with Gasteiger partial charge in [-0.1, -0.05) is 6.92 Å². The predicted molar refractivity (Wildman–Crippen MR) is 42.4 cm³/mol. The van der Waals surface area contributed by atoms with Crippen LogP contribution in [0.2, 0.25) is 0 Å². The number of hydrogen-bond acceptors (Lipinski definition) is 3. The van der Waals surface area contributed by atoms with E-state index in [1.54, 1.807) is 6.92 Å². The molecule has 1 heterocycles. The van der Waals surface area contributed by atoms with E-state index in [1.807, 2.05) is 6.92 Å². The molecule has 0 aromatic heterocycles. The lowest BCUT2D eigenvalue weighted by Gasteiger charge is -2.35. The summed E-state index contributed by atoms with van der Waals surface area (Å²) in [6.45, 7) is 3.71. The predicted octanol–water partition coefficient (Wildman–Crippen LogP) is 0.709. The quantitative estimate of drug-likeness (QED) is 0.544. The summed E-state index contributed by atoms with van der Waals surface area (Å²) in [4.78, 5) is 11.3. The van der Waals surface area contributed by atoms with Crippen LogP contribution in [0.3, 0.4) is 0 Å². The van der Waals surface area contributed by atoms with Crippen LogP contribution in [0.5, 0.6) is 0 Å². The van der Waals surface area contributed by atoms with Gasteiger partial charge in [0.1, 0.15) is 11.7 Å². The average Bonchev–Trinajstić information content (AvgIpc) is 2.12. The summed E-state index contributed by atoms with van der Waals surface area (Å²) in [5, 5.41) is 9.97. The zero-order chi connectivity index (χ0) is 8.93. The van der Waals surface area contributed by atoms with Crippen molar-refractivity contribution in [2.24, 2.45) is 11.8 Å². The van der Waals surface area contributed by atoms with Gasteiger partial charge in [0.05, 0.1) is 5.92 Å². The molecule has 12 heavy (non-hydrogen) atoms. The Kier molecular flexibility index (Phi) is 1.49. The molecule has 0 radical (unpaired) electrons. The van der Waals surface area contributed by atoms with Crippen LogP contribution in [0, 0.1) is 11.8 Å². The Balaban J connectivity index is 2.35. The Morgan fingerprint density at radius 1 is 1.58 bits per heavy atom. The third kappa shape index (κ3) is 0.829. The van der Waals surface area contributed by atoms with Crippen molar-refractivity contribution in [3.63, 3.8) is 0 Å². The van der Waals surface area contributed by atoms with Crippen LogP contribution in [0.25, 0.3) is 0 Å². The minimum absolute atomic E-state index is 0.213. The van der Waals surface area contributed by atoms with Crippen molar-refractivity contribution in [3.05, 3.63) is 0 Å². The van der Waals surface area contributed by atoms with Crippen molar-refractivity contribution in [1.29, 1.82) is 0 Å². The molecule has 0 aromatic carbocycles. The van der Waals surface area contributed by atoms with Crippen LogP contribution in [-0.2, 0) is 9.53 Å². The molecule has 4 atom stereocenters. The first kappa shape index (κ1) is 8.05. The SMILES string of the molecule is C[C@@H]1CC[C@H]2OC(=O)[C@@H]1[C@]2(C)O. The third-order valence-corrected chi connectivity index (χ3v) is 3.25. The molecule has 3 nitrogen and oxygen atoms in total. The highest BCUT2D eigenvalue weighted by Crippen LogP contribution is 2.45. The maximum Gasteiger partial charge on any atom is 0.312 e. The highest BCUT2D eigenvalue weighted by molar-refractivity contribution is 5.77. The van der Waals surface area contributed by atoms with E-state index in [4.69, 9.17) is 4.74 Å². The normalized spacial score (nSPS) is 52.2. The molecule has 0 aromatic rings. The Labute approximate surface area is 71.7 Å². The van der Waals surface area contributed by atoms with Gasteiger partial charge in [-0.25, -0.2) is 0 Å². The Morgan fingerprint density at radius 3 is 2.83 bits per heavy atom.